The van der Waals surface area contributed by atoms with Gasteiger partial charge in [0.25, 0.3) is 0 Å². The van der Waals surface area contributed by atoms with Crippen LogP contribution in [0.5, 0.6) is 0 Å². The van der Waals surface area contributed by atoms with Crippen LogP contribution >= 0.6 is 15.9 Å². The first-order chi connectivity index (χ1) is 8.33. The van der Waals surface area contributed by atoms with Gasteiger partial charge in [-0.25, -0.2) is 9.18 Å². The normalized spacial score (nSPS) is 11.4. The van der Waals surface area contributed by atoms with E-state index in [1.807, 2.05) is 0 Å². The van der Waals surface area contributed by atoms with Crippen LogP contribution in [0.1, 0.15) is 15.9 Å². The standard InChI is InChI=1S/C13H18BrFO2Si/c1-18(2,3)7-6-17-13(16)12-8-11(15)5-4-10(12)9-14/h4-5,8H,6-7,9H2,1-3H3. The van der Waals surface area contributed by atoms with Crippen molar-refractivity contribution in [2.45, 2.75) is 31.0 Å². The summed E-state index contributed by atoms with van der Waals surface area (Å²) in [6, 6.07) is 5.08. The zero-order valence-corrected chi connectivity index (χ0v) is 13.5. The second-order valence-corrected chi connectivity index (χ2v) is 11.6. The average Bonchev–Trinajstić information content (AvgIpc) is 2.27. The van der Waals surface area contributed by atoms with Crippen LogP contribution in [0, 0.1) is 5.82 Å². The van der Waals surface area contributed by atoms with E-state index in [1.165, 1.54) is 12.1 Å². The maximum Gasteiger partial charge on any atom is 0.338 e. The van der Waals surface area contributed by atoms with Crippen LogP contribution in [-0.2, 0) is 10.1 Å². The molecule has 0 unspecified atom stereocenters. The Morgan fingerprint density at radius 3 is 2.61 bits per heavy atom. The largest absolute Gasteiger partial charge is 0.462 e. The lowest BCUT2D eigenvalue weighted by Crippen LogP contribution is -2.23. The van der Waals surface area contributed by atoms with Crippen LogP contribution in [0.15, 0.2) is 18.2 Å². The van der Waals surface area contributed by atoms with Crippen LogP contribution in [0.4, 0.5) is 4.39 Å². The highest BCUT2D eigenvalue weighted by Crippen LogP contribution is 2.16. The van der Waals surface area contributed by atoms with Gasteiger partial charge >= 0.3 is 5.97 Å². The first-order valence-corrected chi connectivity index (χ1v) is 10.7. The van der Waals surface area contributed by atoms with E-state index in [4.69, 9.17) is 4.74 Å². The molecule has 0 aliphatic rings. The summed E-state index contributed by atoms with van der Waals surface area (Å²) < 4.78 is 18.3. The summed E-state index contributed by atoms with van der Waals surface area (Å²) in [4.78, 5) is 11.9. The molecule has 1 aromatic carbocycles. The minimum absolute atomic E-state index is 0.308. The van der Waals surface area contributed by atoms with E-state index in [-0.39, 0.29) is 0 Å². The predicted molar refractivity (Wildman–Crippen MR) is 77.5 cm³/mol. The fourth-order valence-corrected chi connectivity index (χ4v) is 2.59. The minimum Gasteiger partial charge on any atom is -0.462 e. The Morgan fingerprint density at radius 2 is 2.06 bits per heavy atom. The summed E-state index contributed by atoms with van der Waals surface area (Å²) in [6.45, 7) is 7.06. The number of ether oxygens (including phenoxy) is 1. The van der Waals surface area contributed by atoms with Gasteiger partial charge in [0.2, 0.25) is 0 Å². The van der Waals surface area contributed by atoms with Gasteiger partial charge in [-0.2, -0.15) is 0 Å². The van der Waals surface area contributed by atoms with Crippen molar-refractivity contribution in [3.05, 3.63) is 35.1 Å². The lowest BCUT2D eigenvalue weighted by atomic mass is 10.1. The molecule has 5 heteroatoms. The van der Waals surface area contributed by atoms with Gasteiger partial charge in [0, 0.05) is 13.4 Å². The molecule has 0 amide bonds. The lowest BCUT2D eigenvalue weighted by molar-refractivity contribution is 0.0524. The van der Waals surface area contributed by atoms with E-state index < -0.39 is 19.9 Å². The molecule has 0 heterocycles. The van der Waals surface area contributed by atoms with E-state index in [9.17, 15) is 9.18 Å². The highest BCUT2D eigenvalue weighted by molar-refractivity contribution is 9.08. The zero-order valence-electron chi connectivity index (χ0n) is 10.9. The Kier molecular flexibility index (Phi) is 5.53. The van der Waals surface area contributed by atoms with Crippen molar-refractivity contribution in [3.8, 4) is 0 Å². The highest BCUT2D eigenvalue weighted by atomic mass is 79.9. The Hall–Kier alpha value is -0.683. The third-order valence-electron chi connectivity index (χ3n) is 2.52. The van der Waals surface area contributed by atoms with Gasteiger partial charge in [0.05, 0.1) is 12.2 Å². The molecule has 0 N–H and O–H groups in total. The summed E-state index contributed by atoms with van der Waals surface area (Å²) in [7, 11) is -1.22. The van der Waals surface area contributed by atoms with Crippen molar-refractivity contribution in [3.63, 3.8) is 0 Å². The van der Waals surface area contributed by atoms with Gasteiger partial charge in [-0.3, -0.25) is 0 Å². The molecule has 0 aliphatic carbocycles. The third-order valence-corrected chi connectivity index (χ3v) is 4.83. The van der Waals surface area contributed by atoms with Crippen molar-refractivity contribution in [1.82, 2.24) is 0 Å². The van der Waals surface area contributed by atoms with Gasteiger partial charge in [-0.05, 0) is 23.7 Å². The Bertz CT molecular complexity index is 429. The number of alkyl halides is 1. The van der Waals surface area contributed by atoms with E-state index in [0.29, 0.717) is 17.5 Å². The van der Waals surface area contributed by atoms with Crippen molar-refractivity contribution < 1.29 is 13.9 Å². The number of hydrogen-bond donors (Lipinski definition) is 0. The van der Waals surface area contributed by atoms with Crippen LogP contribution in [-0.4, -0.2) is 20.7 Å². The molecule has 0 saturated carbocycles. The molecule has 0 atom stereocenters. The molecule has 0 bridgehead atoms. The van der Waals surface area contributed by atoms with Crippen molar-refractivity contribution in [2.24, 2.45) is 0 Å². The van der Waals surface area contributed by atoms with E-state index in [2.05, 4.69) is 35.6 Å². The molecular formula is C13H18BrFO2Si. The van der Waals surface area contributed by atoms with Crippen molar-refractivity contribution >= 4 is 30.0 Å². The summed E-state index contributed by atoms with van der Waals surface area (Å²) >= 11 is 3.28. The number of esters is 1. The summed E-state index contributed by atoms with van der Waals surface area (Å²) in [5, 5.41) is 0.506. The van der Waals surface area contributed by atoms with Crippen LogP contribution in [0.25, 0.3) is 0 Å². The van der Waals surface area contributed by atoms with Crippen LogP contribution in [0.3, 0.4) is 0 Å². The minimum atomic E-state index is -1.22. The number of halogens is 2. The van der Waals surface area contributed by atoms with E-state index in [1.54, 1.807) is 6.07 Å². The fourth-order valence-electron chi connectivity index (χ4n) is 1.38. The molecule has 0 spiro atoms. The molecule has 18 heavy (non-hydrogen) atoms. The molecule has 0 saturated heterocycles. The Balaban J connectivity index is 2.69. The quantitative estimate of drug-likeness (QED) is 0.458. The van der Waals surface area contributed by atoms with E-state index in [0.717, 1.165) is 11.6 Å². The molecule has 0 aliphatic heterocycles. The molecule has 0 radical (unpaired) electrons. The van der Waals surface area contributed by atoms with Gasteiger partial charge in [0.15, 0.2) is 0 Å². The average molecular weight is 333 g/mol. The Labute approximate surface area is 117 Å². The van der Waals surface area contributed by atoms with Gasteiger partial charge in [-0.1, -0.05) is 41.6 Å². The van der Waals surface area contributed by atoms with Gasteiger partial charge in [-0.15, -0.1) is 0 Å². The number of hydrogen-bond acceptors (Lipinski definition) is 2. The fraction of sp³-hybridized carbons (Fsp3) is 0.462. The number of carbonyl (C=O) groups excluding carboxylic acids is 1. The second-order valence-electron chi connectivity index (χ2n) is 5.38. The maximum absolute atomic E-state index is 13.1. The zero-order chi connectivity index (χ0) is 13.8. The molecule has 1 aromatic rings. The molecule has 0 aromatic heterocycles. The van der Waals surface area contributed by atoms with Crippen molar-refractivity contribution in [1.29, 1.82) is 0 Å². The highest BCUT2D eigenvalue weighted by Gasteiger charge is 2.16. The molecule has 100 valence electrons. The second kappa shape index (κ2) is 6.47. The topological polar surface area (TPSA) is 26.3 Å². The van der Waals surface area contributed by atoms with E-state index >= 15 is 0 Å². The predicted octanol–water partition coefficient (Wildman–Crippen LogP) is 4.22. The number of benzene rings is 1. The maximum atomic E-state index is 13.1. The molecule has 2 nitrogen and oxygen atoms in total. The SMILES string of the molecule is C[Si](C)(C)CCOC(=O)c1cc(F)ccc1CBr. The van der Waals surface area contributed by atoms with Crippen LogP contribution < -0.4 is 0 Å². The summed E-state index contributed by atoms with van der Waals surface area (Å²) in [6.07, 6.45) is 0. The van der Waals surface area contributed by atoms with Gasteiger partial charge in [0.1, 0.15) is 5.82 Å². The number of carbonyl (C=O) groups is 1. The molecule has 0 fully saturated rings. The van der Waals surface area contributed by atoms with Crippen molar-refractivity contribution in [2.75, 3.05) is 6.61 Å². The monoisotopic (exact) mass is 332 g/mol. The third kappa shape index (κ3) is 4.90. The number of rotatable bonds is 5. The van der Waals surface area contributed by atoms with Gasteiger partial charge < -0.3 is 4.74 Å². The first kappa shape index (κ1) is 15.4. The summed E-state index contributed by atoms with van der Waals surface area (Å²) in [5.41, 5.74) is 1.05. The molecular weight excluding hydrogens is 315 g/mol. The molecule has 1 rings (SSSR count). The first-order valence-electron chi connectivity index (χ1n) is 5.85. The summed E-state index contributed by atoms with van der Waals surface area (Å²) in [5.74, 6) is -0.862. The Morgan fingerprint density at radius 1 is 1.39 bits per heavy atom. The smallest absolute Gasteiger partial charge is 0.338 e. The lowest BCUT2D eigenvalue weighted by Gasteiger charge is -2.15. The van der Waals surface area contributed by atoms with Crippen LogP contribution in [0.2, 0.25) is 25.7 Å².